The van der Waals surface area contributed by atoms with E-state index < -0.39 is 0 Å². The molecule has 0 aliphatic carbocycles. The van der Waals surface area contributed by atoms with Gasteiger partial charge in [0.15, 0.2) is 0 Å². The summed E-state index contributed by atoms with van der Waals surface area (Å²) >= 11 is 0. The van der Waals surface area contributed by atoms with E-state index in [0.29, 0.717) is 12.5 Å². The predicted molar refractivity (Wildman–Crippen MR) is 89.2 cm³/mol. The van der Waals surface area contributed by atoms with E-state index in [0.717, 1.165) is 49.0 Å². The van der Waals surface area contributed by atoms with Crippen molar-refractivity contribution in [3.63, 3.8) is 0 Å². The summed E-state index contributed by atoms with van der Waals surface area (Å²) < 4.78 is 5.25. The zero-order chi connectivity index (χ0) is 15.8. The Bertz CT molecular complexity index is 435. The Hall–Kier alpha value is -1.36. The summed E-state index contributed by atoms with van der Waals surface area (Å²) in [6.07, 6.45) is 1.95. The molecule has 1 heterocycles. The monoisotopic (exact) mass is 294 g/mol. The fraction of sp³-hybridized carbons (Fsp3) is 0.750. The van der Waals surface area contributed by atoms with Crippen LogP contribution in [0.3, 0.4) is 0 Å². The maximum Gasteiger partial charge on any atom is 0.137 e. The Kier molecular flexibility index (Phi) is 7.43. The topological polar surface area (TPSA) is 50.3 Å². The van der Waals surface area contributed by atoms with E-state index in [2.05, 4.69) is 42.9 Å². The van der Waals surface area contributed by atoms with Gasteiger partial charge in [-0.05, 0) is 19.3 Å². The number of hydrogen-bond acceptors (Lipinski definition) is 5. The lowest BCUT2D eigenvalue weighted by molar-refractivity contribution is 0.204. The van der Waals surface area contributed by atoms with Crippen LogP contribution in [0.4, 0.5) is 11.6 Å². The number of anilines is 2. The highest BCUT2D eigenvalue weighted by Crippen LogP contribution is 2.24. The molecule has 0 aromatic carbocycles. The summed E-state index contributed by atoms with van der Waals surface area (Å²) in [6, 6.07) is 0. The fourth-order valence-electron chi connectivity index (χ4n) is 2.36. The van der Waals surface area contributed by atoms with Crippen LogP contribution in [-0.2, 0) is 11.2 Å². The van der Waals surface area contributed by atoms with E-state index in [1.807, 2.05) is 7.05 Å². The third-order valence-corrected chi connectivity index (χ3v) is 3.33. The molecule has 120 valence electrons. The summed E-state index contributed by atoms with van der Waals surface area (Å²) in [5.74, 6) is 3.44. The van der Waals surface area contributed by atoms with Crippen molar-refractivity contribution in [2.75, 3.05) is 44.1 Å². The van der Waals surface area contributed by atoms with Crippen molar-refractivity contribution in [2.45, 2.75) is 40.5 Å². The van der Waals surface area contributed by atoms with E-state index in [9.17, 15) is 0 Å². The first-order valence-electron chi connectivity index (χ1n) is 7.82. The van der Waals surface area contributed by atoms with Crippen molar-refractivity contribution in [1.82, 2.24) is 9.97 Å². The fourth-order valence-corrected chi connectivity index (χ4v) is 2.36. The van der Waals surface area contributed by atoms with Crippen molar-refractivity contribution in [3.05, 3.63) is 11.4 Å². The molecule has 1 aromatic heterocycles. The molecule has 5 nitrogen and oxygen atoms in total. The van der Waals surface area contributed by atoms with Crippen LogP contribution in [0.1, 0.15) is 38.6 Å². The number of nitrogens with zero attached hydrogens (tertiary/aromatic N) is 3. The van der Waals surface area contributed by atoms with Gasteiger partial charge in [-0.2, -0.15) is 0 Å². The Morgan fingerprint density at radius 3 is 2.52 bits per heavy atom. The van der Waals surface area contributed by atoms with Crippen LogP contribution in [0.25, 0.3) is 0 Å². The highest BCUT2D eigenvalue weighted by atomic mass is 16.5. The third kappa shape index (κ3) is 5.16. The van der Waals surface area contributed by atoms with Gasteiger partial charge in [0.25, 0.3) is 0 Å². The van der Waals surface area contributed by atoms with Crippen molar-refractivity contribution < 1.29 is 4.74 Å². The molecule has 1 N–H and O–H groups in total. The number of aryl methyl sites for hydroxylation is 1. The second kappa shape index (κ2) is 8.82. The molecule has 1 aromatic rings. The molecule has 0 saturated heterocycles. The maximum atomic E-state index is 5.25. The maximum absolute atomic E-state index is 5.25. The van der Waals surface area contributed by atoms with E-state index in [4.69, 9.17) is 9.72 Å². The van der Waals surface area contributed by atoms with Crippen LogP contribution in [-0.4, -0.2) is 43.8 Å². The van der Waals surface area contributed by atoms with E-state index in [-0.39, 0.29) is 0 Å². The van der Waals surface area contributed by atoms with Gasteiger partial charge in [0.2, 0.25) is 0 Å². The number of methoxy groups -OCH3 is 1. The third-order valence-electron chi connectivity index (χ3n) is 3.33. The Labute approximate surface area is 129 Å². The van der Waals surface area contributed by atoms with Crippen molar-refractivity contribution in [3.8, 4) is 0 Å². The second-order valence-corrected chi connectivity index (χ2v) is 5.77. The van der Waals surface area contributed by atoms with Gasteiger partial charge in [0.1, 0.15) is 17.5 Å². The summed E-state index contributed by atoms with van der Waals surface area (Å²) in [6.45, 7) is 11.2. The number of hydrogen-bond donors (Lipinski definition) is 1. The quantitative estimate of drug-likeness (QED) is 0.759. The Morgan fingerprint density at radius 1 is 1.29 bits per heavy atom. The van der Waals surface area contributed by atoms with Crippen molar-refractivity contribution >= 4 is 11.6 Å². The van der Waals surface area contributed by atoms with E-state index in [1.165, 1.54) is 0 Å². The normalized spacial score (nSPS) is 11.0. The summed E-state index contributed by atoms with van der Waals surface area (Å²) in [7, 11) is 3.65. The van der Waals surface area contributed by atoms with Gasteiger partial charge in [-0.15, -0.1) is 0 Å². The lowest BCUT2D eigenvalue weighted by Gasteiger charge is -2.28. The van der Waals surface area contributed by atoms with Gasteiger partial charge in [-0.1, -0.05) is 20.8 Å². The van der Waals surface area contributed by atoms with Crippen molar-refractivity contribution in [1.29, 1.82) is 0 Å². The first kappa shape index (κ1) is 17.7. The van der Waals surface area contributed by atoms with Gasteiger partial charge in [0, 0.05) is 39.2 Å². The smallest absolute Gasteiger partial charge is 0.137 e. The molecule has 5 heteroatoms. The average Bonchev–Trinajstić information content (AvgIpc) is 2.45. The summed E-state index contributed by atoms with van der Waals surface area (Å²) in [5, 5.41) is 3.19. The molecule has 0 radical (unpaired) electrons. The predicted octanol–water partition coefficient (Wildman–Crippen LogP) is 2.89. The van der Waals surface area contributed by atoms with Crippen LogP contribution >= 0.6 is 0 Å². The number of aromatic nitrogens is 2. The van der Waals surface area contributed by atoms with Crippen LogP contribution in [0.15, 0.2) is 0 Å². The molecule has 0 saturated carbocycles. The van der Waals surface area contributed by atoms with E-state index in [1.54, 1.807) is 7.11 Å². The molecule has 0 aliphatic heterocycles. The minimum absolute atomic E-state index is 0.573. The van der Waals surface area contributed by atoms with Crippen LogP contribution < -0.4 is 10.2 Å². The van der Waals surface area contributed by atoms with Gasteiger partial charge < -0.3 is 15.0 Å². The van der Waals surface area contributed by atoms with Gasteiger partial charge >= 0.3 is 0 Å². The molecule has 0 bridgehead atoms. The highest BCUT2D eigenvalue weighted by Gasteiger charge is 2.17. The first-order chi connectivity index (χ1) is 10.0. The zero-order valence-electron chi connectivity index (χ0n) is 14.4. The summed E-state index contributed by atoms with van der Waals surface area (Å²) in [5.41, 5.74) is 1.11. The molecule has 1 rings (SSSR count). The minimum Gasteiger partial charge on any atom is -0.383 e. The van der Waals surface area contributed by atoms with Gasteiger partial charge in [-0.25, -0.2) is 9.97 Å². The standard InChI is InChI=1S/C16H30N4O/c1-7-8-14-18-15(17-5)13(4)16(19-14)20(9-10-21-6)11-12(2)3/h12H,7-11H2,1-6H3,(H,17,18,19). The lowest BCUT2D eigenvalue weighted by Crippen LogP contribution is -2.33. The average molecular weight is 294 g/mol. The minimum atomic E-state index is 0.573. The number of nitrogens with one attached hydrogen (secondary N) is 1. The molecule has 0 spiro atoms. The highest BCUT2D eigenvalue weighted by molar-refractivity contribution is 5.58. The van der Waals surface area contributed by atoms with Crippen LogP contribution in [0, 0.1) is 12.8 Å². The molecule has 0 amide bonds. The van der Waals surface area contributed by atoms with Crippen LogP contribution in [0.5, 0.6) is 0 Å². The molecule has 0 fully saturated rings. The molecule has 21 heavy (non-hydrogen) atoms. The first-order valence-corrected chi connectivity index (χ1v) is 7.82. The van der Waals surface area contributed by atoms with Crippen LogP contribution in [0.2, 0.25) is 0 Å². The number of rotatable bonds is 9. The van der Waals surface area contributed by atoms with Gasteiger partial charge in [0.05, 0.1) is 6.61 Å². The second-order valence-electron chi connectivity index (χ2n) is 5.77. The van der Waals surface area contributed by atoms with Gasteiger partial charge in [-0.3, -0.25) is 0 Å². The molecule has 0 unspecified atom stereocenters. The van der Waals surface area contributed by atoms with E-state index >= 15 is 0 Å². The molecule has 0 atom stereocenters. The molecule has 0 aliphatic rings. The molecular weight excluding hydrogens is 264 g/mol. The summed E-state index contributed by atoms with van der Waals surface area (Å²) in [4.78, 5) is 11.7. The Morgan fingerprint density at radius 2 is 2.00 bits per heavy atom. The van der Waals surface area contributed by atoms with Crippen molar-refractivity contribution in [2.24, 2.45) is 5.92 Å². The lowest BCUT2D eigenvalue weighted by atomic mass is 10.2. The molecular formula is C16H30N4O. The SMILES string of the molecule is CCCc1nc(NC)c(C)c(N(CCOC)CC(C)C)n1. The zero-order valence-corrected chi connectivity index (χ0v) is 14.4. The Balaban J connectivity index is 3.16. The largest absolute Gasteiger partial charge is 0.383 e. The number of ether oxygens (including phenoxy) is 1.